The van der Waals surface area contributed by atoms with Gasteiger partial charge in [-0.05, 0) is 26.2 Å². The van der Waals surface area contributed by atoms with E-state index in [4.69, 9.17) is 9.47 Å². The summed E-state index contributed by atoms with van der Waals surface area (Å²) in [6.45, 7) is 4.99. The number of hydrogen-bond donors (Lipinski definition) is 2. The van der Waals surface area contributed by atoms with E-state index in [9.17, 15) is 5.11 Å². The van der Waals surface area contributed by atoms with E-state index in [1.165, 1.54) is 19.3 Å². The number of ether oxygens (including phenoxy) is 2. The molecule has 0 bridgehead atoms. The van der Waals surface area contributed by atoms with Crippen molar-refractivity contribution in [3.63, 3.8) is 0 Å². The summed E-state index contributed by atoms with van der Waals surface area (Å²) in [6.07, 6.45) is 6.99. The van der Waals surface area contributed by atoms with Gasteiger partial charge in [0.05, 0.1) is 11.7 Å². The van der Waals surface area contributed by atoms with E-state index in [-0.39, 0.29) is 0 Å². The minimum absolute atomic E-state index is 0.386. The maximum Gasteiger partial charge on any atom is 0.0815 e. The maximum atomic E-state index is 10.5. The average Bonchev–Trinajstić information content (AvgIpc) is 2.31. The molecular formula is C15H27NO3. The summed E-state index contributed by atoms with van der Waals surface area (Å²) in [5.74, 6) is 0. The van der Waals surface area contributed by atoms with E-state index in [1.807, 2.05) is 0 Å². The van der Waals surface area contributed by atoms with E-state index in [1.54, 1.807) is 0 Å². The first-order valence-electron chi connectivity index (χ1n) is 7.84. The average molecular weight is 269 g/mol. The molecule has 2 N–H and O–H groups in total. The van der Waals surface area contributed by atoms with E-state index in [2.05, 4.69) is 12.2 Å². The van der Waals surface area contributed by atoms with Crippen LogP contribution in [0.2, 0.25) is 0 Å². The molecule has 110 valence electrons. The topological polar surface area (TPSA) is 50.7 Å². The van der Waals surface area contributed by atoms with Crippen molar-refractivity contribution in [1.29, 1.82) is 0 Å². The molecular weight excluding hydrogens is 242 g/mol. The summed E-state index contributed by atoms with van der Waals surface area (Å²) >= 11 is 0. The van der Waals surface area contributed by atoms with Crippen LogP contribution in [-0.2, 0) is 9.47 Å². The van der Waals surface area contributed by atoms with E-state index >= 15 is 0 Å². The zero-order valence-corrected chi connectivity index (χ0v) is 12.0. The molecule has 2 atom stereocenters. The fourth-order valence-corrected chi connectivity index (χ4v) is 3.97. The van der Waals surface area contributed by atoms with Crippen molar-refractivity contribution in [2.75, 3.05) is 26.4 Å². The predicted octanol–water partition coefficient (Wildman–Crippen LogP) is 1.47. The van der Waals surface area contributed by atoms with Gasteiger partial charge in [0, 0.05) is 50.7 Å². The Hall–Kier alpha value is -0.160. The fraction of sp³-hybridized carbons (Fsp3) is 1.00. The third kappa shape index (κ3) is 2.44. The highest BCUT2D eigenvalue weighted by Gasteiger charge is 2.58. The van der Waals surface area contributed by atoms with E-state index < -0.39 is 5.60 Å². The Kier molecular flexibility index (Phi) is 3.87. The minimum atomic E-state index is -0.556. The van der Waals surface area contributed by atoms with E-state index in [0.29, 0.717) is 37.3 Å². The van der Waals surface area contributed by atoms with Crippen molar-refractivity contribution in [2.24, 2.45) is 5.41 Å². The summed E-state index contributed by atoms with van der Waals surface area (Å²) < 4.78 is 11.2. The number of hydrogen-bond acceptors (Lipinski definition) is 4. The Balaban J connectivity index is 1.51. The number of rotatable bonds is 5. The van der Waals surface area contributed by atoms with Crippen molar-refractivity contribution < 1.29 is 14.6 Å². The van der Waals surface area contributed by atoms with Gasteiger partial charge in [0.1, 0.15) is 0 Å². The highest BCUT2D eigenvalue weighted by molar-refractivity contribution is 5.12. The molecule has 19 heavy (non-hydrogen) atoms. The highest BCUT2D eigenvalue weighted by Crippen LogP contribution is 2.57. The van der Waals surface area contributed by atoms with Gasteiger partial charge >= 0.3 is 0 Å². The molecule has 2 unspecified atom stereocenters. The van der Waals surface area contributed by atoms with Crippen molar-refractivity contribution in [3.8, 4) is 0 Å². The first kappa shape index (κ1) is 13.8. The minimum Gasteiger partial charge on any atom is -0.388 e. The zero-order chi connectivity index (χ0) is 13.3. The lowest BCUT2D eigenvalue weighted by molar-refractivity contribution is -0.176. The van der Waals surface area contributed by atoms with Crippen molar-refractivity contribution in [2.45, 2.75) is 63.2 Å². The SMILES string of the molecule is CCOC1CC(NCC2(O)CCOCC2)C12CCC2. The first-order chi connectivity index (χ1) is 9.19. The van der Waals surface area contributed by atoms with Gasteiger partial charge in [0.2, 0.25) is 0 Å². The van der Waals surface area contributed by atoms with Gasteiger partial charge in [-0.15, -0.1) is 0 Å². The molecule has 0 radical (unpaired) electrons. The molecule has 1 spiro atoms. The molecule has 3 fully saturated rings. The van der Waals surface area contributed by atoms with Crippen LogP contribution >= 0.6 is 0 Å². The maximum absolute atomic E-state index is 10.5. The van der Waals surface area contributed by atoms with Gasteiger partial charge < -0.3 is 19.9 Å². The summed E-state index contributed by atoms with van der Waals surface area (Å²) in [5, 5.41) is 14.1. The summed E-state index contributed by atoms with van der Waals surface area (Å²) in [6, 6.07) is 0.546. The van der Waals surface area contributed by atoms with Crippen LogP contribution in [0.25, 0.3) is 0 Å². The molecule has 3 rings (SSSR count). The predicted molar refractivity (Wildman–Crippen MR) is 73.1 cm³/mol. The molecule has 1 aliphatic heterocycles. The quantitative estimate of drug-likeness (QED) is 0.793. The smallest absolute Gasteiger partial charge is 0.0815 e. The largest absolute Gasteiger partial charge is 0.388 e. The zero-order valence-electron chi connectivity index (χ0n) is 12.0. The van der Waals surface area contributed by atoms with Crippen LogP contribution in [0.15, 0.2) is 0 Å². The molecule has 4 heteroatoms. The van der Waals surface area contributed by atoms with Crippen LogP contribution in [0.1, 0.15) is 45.4 Å². The third-order valence-corrected chi connectivity index (χ3v) is 5.54. The van der Waals surface area contributed by atoms with Crippen molar-refractivity contribution in [1.82, 2.24) is 5.32 Å². The Morgan fingerprint density at radius 1 is 1.26 bits per heavy atom. The molecule has 0 aromatic rings. The van der Waals surface area contributed by atoms with Crippen LogP contribution in [0, 0.1) is 5.41 Å². The molecule has 0 aromatic heterocycles. The van der Waals surface area contributed by atoms with Gasteiger partial charge in [0.15, 0.2) is 0 Å². The lowest BCUT2D eigenvalue weighted by atomic mass is 9.51. The molecule has 0 amide bonds. The van der Waals surface area contributed by atoms with Crippen LogP contribution in [-0.4, -0.2) is 49.2 Å². The molecule has 4 nitrogen and oxygen atoms in total. The Bertz CT molecular complexity index is 311. The number of nitrogens with one attached hydrogen (secondary N) is 1. The van der Waals surface area contributed by atoms with Gasteiger partial charge in [-0.2, -0.15) is 0 Å². The summed E-state index contributed by atoms with van der Waals surface area (Å²) in [7, 11) is 0. The van der Waals surface area contributed by atoms with Gasteiger partial charge in [-0.25, -0.2) is 0 Å². The van der Waals surface area contributed by atoms with E-state index in [0.717, 1.165) is 25.9 Å². The fourth-order valence-electron chi connectivity index (χ4n) is 3.97. The third-order valence-electron chi connectivity index (χ3n) is 5.54. The Morgan fingerprint density at radius 3 is 2.58 bits per heavy atom. The molecule has 1 saturated heterocycles. The standard InChI is InChI=1S/C15H27NO3/c1-2-19-13-10-12(15(13)4-3-5-15)16-11-14(17)6-8-18-9-7-14/h12-13,16-17H,2-11H2,1H3. The van der Waals surface area contributed by atoms with Crippen LogP contribution in [0.3, 0.4) is 0 Å². The molecule has 1 heterocycles. The van der Waals surface area contributed by atoms with Gasteiger partial charge in [-0.1, -0.05) is 6.42 Å². The summed E-state index contributed by atoms with van der Waals surface area (Å²) in [4.78, 5) is 0. The molecule has 2 aliphatic carbocycles. The van der Waals surface area contributed by atoms with Crippen LogP contribution in [0.4, 0.5) is 0 Å². The number of aliphatic hydroxyl groups is 1. The second-order valence-electron chi connectivity index (χ2n) is 6.54. The van der Waals surface area contributed by atoms with Crippen LogP contribution < -0.4 is 5.32 Å². The second-order valence-corrected chi connectivity index (χ2v) is 6.54. The van der Waals surface area contributed by atoms with Crippen molar-refractivity contribution >= 4 is 0 Å². The highest BCUT2D eigenvalue weighted by atomic mass is 16.5. The summed E-state index contributed by atoms with van der Waals surface area (Å²) in [5.41, 5.74) is -0.169. The molecule has 3 aliphatic rings. The van der Waals surface area contributed by atoms with Gasteiger partial charge in [-0.3, -0.25) is 0 Å². The van der Waals surface area contributed by atoms with Crippen molar-refractivity contribution in [3.05, 3.63) is 0 Å². The normalized spacial score (nSPS) is 35.7. The molecule has 2 saturated carbocycles. The Labute approximate surface area is 115 Å². The lowest BCUT2D eigenvalue weighted by Crippen LogP contribution is -2.68. The van der Waals surface area contributed by atoms with Gasteiger partial charge in [0.25, 0.3) is 0 Å². The lowest BCUT2D eigenvalue weighted by Gasteiger charge is -2.61. The molecule has 0 aromatic carbocycles. The van der Waals surface area contributed by atoms with Crippen LogP contribution in [0.5, 0.6) is 0 Å². The Morgan fingerprint density at radius 2 is 2.00 bits per heavy atom. The monoisotopic (exact) mass is 269 g/mol. The first-order valence-corrected chi connectivity index (χ1v) is 7.84. The second kappa shape index (κ2) is 5.32.